The number of nitrogens with one attached hydrogen (secondary N) is 1. The Bertz CT molecular complexity index is 499. The van der Waals surface area contributed by atoms with Crippen molar-refractivity contribution in [2.75, 3.05) is 47.4 Å². The molecule has 0 heterocycles. The molecule has 2 unspecified atom stereocenters. The lowest BCUT2D eigenvalue weighted by Crippen LogP contribution is -2.37. The van der Waals surface area contributed by atoms with Gasteiger partial charge in [-0.1, -0.05) is 64.7 Å². The molecule has 2 atom stereocenters. The zero-order chi connectivity index (χ0) is 23.6. The number of quaternary nitrogens is 1. The van der Waals surface area contributed by atoms with Crippen molar-refractivity contribution < 1.29 is 32.5 Å². The molecule has 9 heteroatoms. The average molecular weight is 468 g/mol. The molecule has 0 rings (SSSR count). The van der Waals surface area contributed by atoms with Gasteiger partial charge in [0.1, 0.15) is 19.3 Å². The standard InChI is InChI=1S/C22H47N2O6P/c1-6-8-9-10-11-12-13-14-15-16-17-21(30-22(25)23-7-2)20-29-31(26,27)28-19-18-24(3,4)5/h21H,6-20H2,1-5H3,(H-,23,25,26,27)/p+1. The van der Waals surface area contributed by atoms with Crippen LogP contribution in [0.1, 0.15) is 84.5 Å². The molecule has 0 saturated carbocycles. The molecule has 0 bridgehead atoms. The summed E-state index contributed by atoms with van der Waals surface area (Å²) in [6.45, 7) is 5.01. The quantitative estimate of drug-likeness (QED) is 0.144. The molecule has 0 radical (unpaired) electrons. The molecule has 0 aliphatic carbocycles. The van der Waals surface area contributed by atoms with Gasteiger partial charge in [-0.25, -0.2) is 9.36 Å². The minimum atomic E-state index is -4.18. The highest BCUT2D eigenvalue weighted by Crippen LogP contribution is 2.43. The molecular formula is C22H48N2O6P+. The highest BCUT2D eigenvalue weighted by molar-refractivity contribution is 7.47. The number of amides is 1. The number of unbranched alkanes of at least 4 members (excludes halogenated alkanes) is 9. The smallest absolute Gasteiger partial charge is 0.444 e. The van der Waals surface area contributed by atoms with Gasteiger partial charge in [-0.15, -0.1) is 0 Å². The van der Waals surface area contributed by atoms with E-state index in [1.807, 2.05) is 21.1 Å². The number of carbonyl (C=O) groups is 1. The molecule has 0 aliphatic rings. The lowest BCUT2D eigenvalue weighted by molar-refractivity contribution is -0.870. The Kier molecular flexibility index (Phi) is 17.5. The van der Waals surface area contributed by atoms with Gasteiger partial charge in [0.05, 0.1) is 27.7 Å². The Morgan fingerprint density at radius 2 is 1.48 bits per heavy atom. The summed E-state index contributed by atoms with van der Waals surface area (Å²) >= 11 is 0. The number of phosphoric ester groups is 1. The van der Waals surface area contributed by atoms with E-state index in [9.17, 15) is 14.3 Å². The van der Waals surface area contributed by atoms with Gasteiger partial charge in [0.2, 0.25) is 0 Å². The Labute approximate surface area is 190 Å². The highest BCUT2D eigenvalue weighted by Gasteiger charge is 2.25. The summed E-state index contributed by atoms with van der Waals surface area (Å²) < 4.78 is 28.2. The normalized spacial score (nSPS) is 14.8. The van der Waals surface area contributed by atoms with Crippen LogP contribution in [0.5, 0.6) is 0 Å². The predicted molar refractivity (Wildman–Crippen MR) is 125 cm³/mol. The van der Waals surface area contributed by atoms with E-state index in [1.165, 1.54) is 44.9 Å². The summed E-state index contributed by atoms with van der Waals surface area (Å²) in [6.07, 6.45) is 11.6. The van der Waals surface area contributed by atoms with Crippen molar-refractivity contribution in [1.82, 2.24) is 5.32 Å². The van der Waals surface area contributed by atoms with Gasteiger partial charge in [-0.05, 0) is 19.8 Å². The predicted octanol–water partition coefficient (Wildman–Crippen LogP) is 5.25. The third-order valence-electron chi connectivity index (χ3n) is 4.91. The van der Waals surface area contributed by atoms with Crippen LogP contribution in [0.15, 0.2) is 0 Å². The summed E-state index contributed by atoms with van der Waals surface area (Å²) in [4.78, 5) is 21.7. The first-order valence-electron chi connectivity index (χ1n) is 12.0. The summed E-state index contributed by atoms with van der Waals surface area (Å²) in [5.74, 6) is 0. The minimum Gasteiger partial charge on any atom is -0.444 e. The Balaban J connectivity index is 4.22. The maximum atomic E-state index is 12.1. The van der Waals surface area contributed by atoms with Crippen LogP contribution in [0.25, 0.3) is 0 Å². The second-order valence-electron chi connectivity index (χ2n) is 9.14. The number of ether oxygens (including phenoxy) is 1. The van der Waals surface area contributed by atoms with Crippen LogP contribution in [-0.4, -0.2) is 69.0 Å². The maximum absolute atomic E-state index is 12.1. The Hall–Kier alpha value is -0.660. The van der Waals surface area contributed by atoms with Crippen molar-refractivity contribution in [2.24, 2.45) is 0 Å². The molecular weight excluding hydrogens is 419 g/mol. The second-order valence-corrected chi connectivity index (χ2v) is 10.6. The van der Waals surface area contributed by atoms with Gasteiger partial charge in [0, 0.05) is 6.54 Å². The Morgan fingerprint density at radius 1 is 0.935 bits per heavy atom. The van der Waals surface area contributed by atoms with Crippen LogP contribution in [-0.2, 0) is 18.3 Å². The first-order valence-corrected chi connectivity index (χ1v) is 13.5. The van der Waals surface area contributed by atoms with Crippen molar-refractivity contribution in [3.63, 3.8) is 0 Å². The molecule has 8 nitrogen and oxygen atoms in total. The van der Waals surface area contributed by atoms with Crippen LogP contribution in [0, 0.1) is 0 Å². The van der Waals surface area contributed by atoms with Gasteiger partial charge in [-0.3, -0.25) is 9.05 Å². The van der Waals surface area contributed by atoms with Gasteiger partial charge < -0.3 is 19.4 Å². The van der Waals surface area contributed by atoms with Gasteiger partial charge in [0.15, 0.2) is 0 Å². The summed E-state index contributed by atoms with van der Waals surface area (Å²) in [7, 11) is 1.72. The molecule has 0 spiro atoms. The summed E-state index contributed by atoms with van der Waals surface area (Å²) in [5, 5.41) is 2.58. The van der Waals surface area contributed by atoms with Crippen LogP contribution in [0.2, 0.25) is 0 Å². The van der Waals surface area contributed by atoms with E-state index in [0.717, 1.165) is 19.3 Å². The first-order chi connectivity index (χ1) is 14.6. The number of alkyl carbamates (subject to hydrolysis) is 1. The molecule has 31 heavy (non-hydrogen) atoms. The number of nitrogens with zero attached hydrogens (tertiary/aromatic N) is 1. The van der Waals surface area contributed by atoms with E-state index < -0.39 is 20.0 Å². The SMILES string of the molecule is CCCCCCCCCCCCC(COP(=O)(O)OCC[N+](C)(C)C)OC(=O)NCC. The topological polar surface area (TPSA) is 94.1 Å². The van der Waals surface area contributed by atoms with E-state index >= 15 is 0 Å². The fourth-order valence-electron chi connectivity index (χ4n) is 3.02. The number of hydrogen-bond donors (Lipinski definition) is 2. The molecule has 0 aromatic heterocycles. The third-order valence-corrected chi connectivity index (χ3v) is 5.90. The number of phosphoric acid groups is 1. The lowest BCUT2D eigenvalue weighted by atomic mass is 10.0. The van der Waals surface area contributed by atoms with E-state index in [0.29, 0.717) is 24.0 Å². The van der Waals surface area contributed by atoms with E-state index in [2.05, 4.69) is 12.2 Å². The molecule has 0 aromatic rings. The monoisotopic (exact) mass is 467 g/mol. The molecule has 2 N–H and O–H groups in total. The zero-order valence-corrected chi connectivity index (χ0v) is 21.5. The Morgan fingerprint density at radius 3 is 2.00 bits per heavy atom. The van der Waals surface area contributed by atoms with Gasteiger partial charge in [-0.2, -0.15) is 0 Å². The second kappa shape index (κ2) is 17.8. The molecule has 0 saturated heterocycles. The first kappa shape index (κ1) is 30.3. The third kappa shape index (κ3) is 21.0. The van der Waals surface area contributed by atoms with Crippen LogP contribution in [0.4, 0.5) is 4.79 Å². The van der Waals surface area contributed by atoms with Crippen molar-refractivity contribution >= 4 is 13.9 Å². The lowest BCUT2D eigenvalue weighted by Gasteiger charge is -2.24. The van der Waals surface area contributed by atoms with Crippen LogP contribution < -0.4 is 5.32 Å². The molecule has 1 amide bonds. The van der Waals surface area contributed by atoms with Crippen molar-refractivity contribution in [3.8, 4) is 0 Å². The summed E-state index contributed by atoms with van der Waals surface area (Å²) in [5.41, 5.74) is 0. The average Bonchev–Trinajstić information content (AvgIpc) is 2.66. The molecule has 0 aliphatic heterocycles. The molecule has 0 aromatic carbocycles. The maximum Gasteiger partial charge on any atom is 0.472 e. The zero-order valence-electron chi connectivity index (χ0n) is 20.6. The number of hydrogen-bond acceptors (Lipinski definition) is 5. The van der Waals surface area contributed by atoms with E-state index in [1.54, 1.807) is 6.92 Å². The van der Waals surface area contributed by atoms with Crippen molar-refractivity contribution in [3.05, 3.63) is 0 Å². The fourth-order valence-corrected chi connectivity index (χ4v) is 3.76. The highest BCUT2D eigenvalue weighted by atomic mass is 31.2. The number of carbonyl (C=O) groups excluding carboxylic acids is 1. The van der Waals surface area contributed by atoms with Crippen molar-refractivity contribution in [2.45, 2.75) is 90.6 Å². The van der Waals surface area contributed by atoms with E-state index in [-0.39, 0.29) is 13.2 Å². The van der Waals surface area contributed by atoms with Crippen molar-refractivity contribution in [1.29, 1.82) is 0 Å². The molecule has 186 valence electrons. The largest absolute Gasteiger partial charge is 0.472 e. The molecule has 0 fully saturated rings. The van der Waals surface area contributed by atoms with E-state index in [4.69, 9.17) is 13.8 Å². The number of rotatable bonds is 20. The van der Waals surface area contributed by atoms with Gasteiger partial charge in [0.25, 0.3) is 0 Å². The van der Waals surface area contributed by atoms with Crippen LogP contribution >= 0.6 is 7.82 Å². The fraction of sp³-hybridized carbons (Fsp3) is 0.955. The number of likely N-dealkylation sites (N-methyl/N-ethyl adjacent to an activating group) is 1. The minimum absolute atomic E-state index is 0.109. The van der Waals surface area contributed by atoms with Crippen LogP contribution in [0.3, 0.4) is 0 Å². The van der Waals surface area contributed by atoms with Gasteiger partial charge >= 0.3 is 13.9 Å². The summed E-state index contributed by atoms with van der Waals surface area (Å²) in [6, 6.07) is 0.